The van der Waals surface area contributed by atoms with Gasteiger partial charge in [-0.2, -0.15) is 26.3 Å². The van der Waals surface area contributed by atoms with Crippen molar-refractivity contribution in [3.8, 4) is 0 Å². The molecule has 0 aliphatic heterocycles. The smallest absolute Gasteiger partial charge is 0.170 e. The van der Waals surface area contributed by atoms with Crippen LogP contribution in [-0.4, -0.2) is 11.4 Å². The van der Waals surface area contributed by atoms with Gasteiger partial charge in [0.05, 0.1) is 22.4 Å². The van der Waals surface area contributed by atoms with Gasteiger partial charge < -0.3 is 0 Å². The molecule has 1 aromatic rings. The van der Waals surface area contributed by atoms with Gasteiger partial charge in [-0.15, -0.1) is 0 Å². The molecule has 0 saturated carbocycles. The standard InChI is InChI=1S/C20H19F6S/c21-19(22,23)14-6-10-17(11-7-14)27(16-4-2-1-3-5-16)18-12-8-15(9-13-18)20(24,25)26/h2,4,6-8,10-13,15-16H,1,3,5,9H2/q+1/t15-,16?,27?/m0/s1. The van der Waals surface area contributed by atoms with Crippen molar-refractivity contribution in [1.29, 1.82) is 0 Å². The lowest BCUT2D eigenvalue weighted by atomic mass is 10.0. The van der Waals surface area contributed by atoms with Crippen LogP contribution in [0.3, 0.4) is 0 Å². The molecule has 2 unspecified atom stereocenters. The highest BCUT2D eigenvalue weighted by Crippen LogP contribution is 2.39. The molecule has 0 amide bonds. The maximum absolute atomic E-state index is 12.9. The largest absolute Gasteiger partial charge is 0.416 e. The Kier molecular flexibility index (Phi) is 5.79. The number of alkyl halides is 6. The second kappa shape index (κ2) is 7.78. The van der Waals surface area contributed by atoms with E-state index in [1.54, 1.807) is 6.08 Å². The van der Waals surface area contributed by atoms with Crippen LogP contribution in [0, 0.1) is 5.92 Å². The zero-order valence-corrected chi connectivity index (χ0v) is 15.2. The van der Waals surface area contributed by atoms with Crippen molar-refractivity contribution >= 4 is 10.9 Å². The highest BCUT2D eigenvalue weighted by atomic mass is 32.2. The third-order valence-corrected chi connectivity index (χ3v) is 7.28. The van der Waals surface area contributed by atoms with Crippen LogP contribution in [0.25, 0.3) is 0 Å². The fourth-order valence-electron chi connectivity index (χ4n) is 3.26. The van der Waals surface area contributed by atoms with Gasteiger partial charge >= 0.3 is 12.4 Å². The zero-order valence-electron chi connectivity index (χ0n) is 14.4. The number of benzene rings is 1. The molecule has 0 nitrogen and oxygen atoms in total. The summed E-state index contributed by atoms with van der Waals surface area (Å²) in [6, 6.07) is 5.01. The summed E-state index contributed by atoms with van der Waals surface area (Å²) in [5.74, 6) is -1.50. The topological polar surface area (TPSA) is 0 Å². The molecule has 1 aromatic carbocycles. The number of rotatable bonds is 3. The quantitative estimate of drug-likeness (QED) is 0.294. The van der Waals surface area contributed by atoms with E-state index in [9.17, 15) is 26.3 Å². The summed E-state index contributed by atoms with van der Waals surface area (Å²) in [6.45, 7) is 0. The van der Waals surface area contributed by atoms with Crippen LogP contribution in [0.5, 0.6) is 0 Å². The number of hydrogen-bond acceptors (Lipinski definition) is 0. The Bertz CT molecular complexity index is 739. The molecule has 0 radical (unpaired) electrons. The van der Waals surface area contributed by atoms with Crippen LogP contribution in [-0.2, 0) is 17.1 Å². The fourth-order valence-corrected chi connectivity index (χ4v) is 5.83. The van der Waals surface area contributed by atoms with Crippen LogP contribution < -0.4 is 0 Å². The van der Waals surface area contributed by atoms with Crippen molar-refractivity contribution in [1.82, 2.24) is 0 Å². The van der Waals surface area contributed by atoms with E-state index in [1.807, 2.05) is 6.08 Å². The first-order chi connectivity index (χ1) is 12.7. The monoisotopic (exact) mass is 405 g/mol. The van der Waals surface area contributed by atoms with Gasteiger partial charge in [-0.25, -0.2) is 0 Å². The second-order valence-corrected chi connectivity index (χ2v) is 8.83. The minimum atomic E-state index is -4.41. The molecule has 0 heterocycles. The van der Waals surface area contributed by atoms with Gasteiger partial charge in [0.2, 0.25) is 0 Å². The molecule has 0 spiro atoms. The summed E-state index contributed by atoms with van der Waals surface area (Å²) in [6.07, 6.45) is 2.34. The van der Waals surface area contributed by atoms with Crippen molar-refractivity contribution in [2.45, 2.75) is 48.2 Å². The molecule has 7 heteroatoms. The second-order valence-electron chi connectivity index (χ2n) is 6.61. The van der Waals surface area contributed by atoms with Gasteiger partial charge in [-0.3, -0.25) is 0 Å². The van der Waals surface area contributed by atoms with E-state index in [-0.39, 0.29) is 11.7 Å². The molecule has 2 aliphatic rings. The molecule has 27 heavy (non-hydrogen) atoms. The van der Waals surface area contributed by atoms with Crippen molar-refractivity contribution in [3.05, 3.63) is 65.1 Å². The first-order valence-corrected chi connectivity index (χ1v) is 9.97. The van der Waals surface area contributed by atoms with E-state index in [1.165, 1.54) is 24.3 Å². The van der Waals surface area contributed by atoms with E-state index in [4.69, 9.17) is 0 Å². The molecule has 0 saturated heterocycles. The third-order valence-electron chi connectivity index (χ3n) is 4.69. The van der Waals surface area contributed by atoms with Crippen molar-refractivity contribution < 1.29 is 26.3 Å². The Balaban J connectivity index is 1.91. The van der Waals surface area contributed by atoms with Crippen molar-refractivity contribution in [2.75, 3.05) is 0 Å². The first kappa shape index (κ1) is 20.1. The predicted octanol–water partition coefficient (Wildman–Crippen LogP) is 6.81. The maximum Gasteiger partial charge on any atom is 0.416 e. The Hall–Kier alpha value is -1.63. The highest BCUT2D eigenvalue weighted by Gasteiger charge is 2.42. The van der Waals surface area contributed by atoms with Crippen LogP contribution in [0.4, 0.5) is 26.3 Å². The van der Waals surface area contributed by atoms with E-state index < -0.39 is 34.7 Å². The Morgan fingerprint density at radius 1 is 0.926 bits per heavy atom. The minimum absolute atomic E-state index is 0.0915. The molecule has 0 fully saturated rings. The summed E-state index contributed by atoms with van der Waals surface area (Å²) in [4.78, 5) is 1.49. The molecular formula is C20H19F6S+. The number of halogens is 6. The van der Waals surface area contributed by atoms with E-state index in [2.05, 4.69) is 6.08 Å². The zero-order chi connectivity index (χ0) is 19.7. The Morgan fingerprint density at radius 2 is 1.63 bits per heavy atom. The predicted molar refractivity (Wildman–Crippen MR) is 95.2 cm³/mol. The summed E-state index contributed by atoms with van der Waals surface area (Å²) >= 11 is 0. The average molecular weight is 405 g/mol. The molecule has 2 aliphatic carbocycles. The van der Waals surface area contributed by atoms with Gasteiger partial charge in [0.1, 0.15) is 5.25 Å². The SMILES string of the molecule is FC(F)(F)c1ccc([S+](C2=CC[C@@H](C(F)(F)F)C=C2)C2C=CCCC2)cc1. The number of allylic oxidation sites excluding steroid dienone is 4. The highest BCUT2D eigenvalue weighted by molar-refractivity contribution is 8.01. The van der Waals surface area contributed by atoms with Gasteiger partial charge in [0.15, 0.2) is 9.80 Å². The summed E-state index contributed by atoms with van der Waals surface area (Å²) < 4.78 is 77.3. The lowest BCUT2D eigenvalue weighted by Crippen LogP contribution is -2.26. The minimum Gasteiger partial charge on any atom is -0.170 e. The molecule has 146 valence electrons. The van der Waals surface area contributed by atoms with Gasteiger partial charge in [0.25, 0.3) is 0 Å². The Labute approximate surface area is 157 Å². The summed E-state index contributed by atoms with van der Waals surface area (Å²) in [5, 5.41) is 0.0915. The van der Waals surface area contributed by atoms with Gasteiger partial charge in [-0.1, -0.05) is 12.2 Å². The van der Waals surface area contributed by atoms with Crippen molar-refractivity contribution in [3.63, 3.8) is 0 Å². The van der Waals surface area contributed by atoms with Crippen LogP contribution in [0.15, 0.2) is 64.4 Å². The maximum atomic E-state index is 12.9. The molecule has 0 aromatic heterocycles. The fraction of sp³-hybridized carbons (Fsp3) is 0.400. The van der Waals surface area contributed by atoms with E-state index in [0.29, 0.717) is 0 Å². The average Bonchev–Trinajstić information content (AvgIpc) is 2.62. The lowest BCUT2D eigenvalue weighted by molar-refractivity contribution is -0.160. The summed E-state index contributed by atoms with van der Waals surface area (Å²) in [7, 11) is -0.585. The lowest BCUT2D eigenvalue weighted by Gasteiger charge is -2.23. The van der Waals surface area contributed by atoms with E-state index >= 15 is 0 Å². The molecule has 0 N–H and O–H groups in total. The van der Waals surface area contributed by atoms with E-state index in [0.717, 1.165) is 41.2 Å². The van der Waals surface area contributed by atoms with Crippen LogP contribution >= 0.6 is 0 Å². The first-order valence-electron chi connectivity index (χ1n) is 8.68. The third kappa shape index (κ3) is 4.81. The molecular weight excluding hydrogens is 386 g/mol. The molecule has 0 bridgehead atoms. The molecule has 3 atom stereocenters. The summed E-state index contributed by atoms with van der Waals surface area (Å²) in [5.41, 5.74) is -0.723. The molecule has 3 rings (SSSR count). The Morgan fingerprint density at radius 3 is 2.11 bits per heavy atom. The number of hydrogen-bond donors (Lipinski definition) is 0. The normalized spacial score (nSPS) is 24.6. The van der Waals surface area contributed by atoms with Gasteiger partial charge in [0, 0.05) is 0 Å². The van der Waals surface area contributed by atoms with Gasteiger partial charge in [-0.05, 0) is 68.2 Å². The van der Waals surface area contributed by atoms with Crippen LogP contribution in [0.1, 0.15) is 31.2 Å². The van der Waals surface area contributed by atoms with Crippen LogP contribution in [0.2, 0.25) is 0 Å². The van der Waals surface area contributed by atoms with Crippen molar-refractivity contribution in [2.24, 2.45) is 5.92 Å².